The molecule has 0 atom stereocenters. The number of amides is 3. The third kappa shape index (κ3) is 3.52. The molecule has 1 aromatic heterocycles. The third-order valence-electron chi connectivity index (χ3n) is 6.67. The predicted molar refractivity (Wildman–Crippen MR) is 120 cm³/mol. The van der Waals surface area contributed by atoms with Gasteiger partial charge in [0, 0.05) is 30.9 Å². The summed E-state index contributed by atoms with van der Waals surface area (Å²) in [5.41, 5.74) is 8.83. The summed E-state index contributed by atoms with van der Waals surface area (Å²) in [4.78, 5) is 33.1. The van der Waals surface area contributed by atoms with Crippen molar-refractivity contribution in [2.45, 2.75) is 57.5 Å². The molecule has 1 saturated heterocycles. The molecular formula is C22H27ClN6O2. The number of aromatic nitrogens is 2. The van der Waals surface area contributed by atoms with E-state index in [0.717, 1.165) is 55.8 Å². The van der Waals surface area contributed by atoms with Crippen molar-refractivity contribution in [2.75, 3.05) is 22.4 Å². The number of nitrogens with zero attached hydrogens (tertiary/aromatic N) is 5. The number of hydrogen-bond acceptors (Lipinski definition) is 4. The van der Waals surface area contributed by atoms with Crippen molar-refractivity contribution in [3.63, 3.8) is 0 Å². The second kappa shape index (κ2) is 8.07. The topological polar surface area (TPSA) is 87.7 Å². The van der Waals surface area contributed by atoms with Crippen LogP contribution in [0.4, 0.5) is 16.2 Å². The average Bonchev–Trinajstić information content (AvgIpc) is 3.48. The zero-order chi connectivity index (χ0) is 21.5. The van der Waals surface area contributed by atoms with Gasteiger partial charge < -0.3 is 10.6 Å². The summed E-state index contributed by atoms with van der Waals surface area (Å²) in [7, 11) is 0. The van der Waals surface area contributed by atoms with E-state index in [1.807, 2.05) is 32.1 Å². The van der Waals surface area contributed by atoms with Crippen LogP contribution in [0.3, 0.4) is 0 Å². The van der Waals surface area contributed by atoms with Crippen molar-refractivity contribution < 1.29 is 9.59 Å². The van der Waals surface area contributed by atoms with Crippen molar-refractivity contribution in [3.05, 3.63) is 35.9 Å². The lowest BCUT2D eigenvalue weighted by atomic mass is 9.95. The second-order valence-corrected chi connectivity index (χ2v) is 8.98. The van der Waals surface area contributed by atoms with Gasteiger partial charge in [-0.05, 0) is 43.9 Å². The molecule has 1 aromatic carbocycles. The first-order valence-corrected chi connectivity index (χ1v) is 11.4. The van der Waals surface area contributed by atoms with Crippen LogP contribution in [0.25, 0.3) is 5.69 Å². The maximum atomic E-state index is 13.4. The molecule has 1 aliphatic carbocycles. The molecule has 0 bridgehead atoms. The number of fused-ring (bicyclic) bond motifs is 3. The normalized spacial score (nSPS) is 18.6. The Kier molecular flexibility index (Phi) is 5.25. The number of rotatable bonds is 3. The van der Waals surface area contributed by atoms with E-state index in [1.54, 1.807) is 11.2 Å². The van der Waals surface area contributed by atoms with Crippen molar-refractivity contribution in [2.24, 2.45) is 5.73 Å². The summed E-state index contributed by atoms with van der Waals surface area (Å²) < 4.78 is 3.68. The van der Waals surface area contributed by atoms with Gasteiger partial charge in [-0.2, -0.15) is 0 Å². The van der Waals surface area contributed by atoms with E-state index in [-0.39, 0.29) is 18.3 Å². The number of carbonyl (C=O) groups excluding carboxylic acids is 2. The lowest BCUT2D eigenvalue weighted by Gasteiger charge is -2.35. The fourth-order valence-corrected chi connectivity index (χ4v) is 5.31. The van der Waals surface area contributed by atoms with Gasteiger partial charge in [0.2, 0.25) is 0 Å². The Balaban J connectivity index is 1.56. The molecule has 2 fully saturated rings. The number of nitrogens with two attached hydrogens (primary N) is 1. The summed E-state index contributed by atoms with van der Waals surface area (Å²) in [6.45, 7) is 1.74. The molecule has 0 unspecified atom stereocenters. The smallest absolute Gasteiger partial charge is 0.324 e. The van der Waals surface area contributed by atoms with Crippen LogP contribution >= 0.6 is 11.8 Å². The van der Waals surface area contributed by atoms with Gasteiger partial charge in [-0.15, -0.1) is 0 Å². The van der Waals surface area contributed by atoms with Crippen LogP contribution in [-0.2, 0) is 6.54 Å². The average molecular weight is 443 g/mol. The Hall–Kier alpha value is -2.74. The highest BCUT2D eigenvalue weighted by atomic mass is 35.5. The van der Waals surface area contributed by atoms with Crippen LogP contribution in [0.15, 0.2) is 24.5 Å². The number of carbonyl (C=O) groups is 2. The predicted octanol–water partition coefficient (Wildman–Crippen LogP) is 3.80. The van der Waals surface area contributed by atoms with Gasteiger partial charge in [0.15, 0.2) is 5.69 Å². The number of likely N-dealkylation sites (tertiary alicyclic amines) is 1. The minimum Gasteiger partial charge on any atom is -0.364 e. The van der Waals surface area contributed by atoms with Crippen LogP contribution in [0.2, 0.25) is 0 Å². The first-order valence-electron chi connectivity index (χ1n) is 11.1. The van der Waals surface area contributed by atoms with Gasteiger partial charge >= 0.3 is 6.03 Å². The van der Waals surface area contributed by atoms with E-state index in [4.69, 9.17) is 17.5 Å². The fourth-order valence-electron chi connectivity index (χ4n) is 5.01. The molecule has 164 valence electrons. The Morgan fingerprint density at radius 2 is 1.81 bits per heavy atom. The summed E-state index contributed by atoms with van der Waals surface area (Å²) in [5, 5.41) is 0. The highest BCUT2D eigenvalue weighted by molar-refractivity contribution is 6.26. The zero-order valence-corrected chi connectivity index (χ0v) is 18.2. The molecule has 1 saturated carbocycles. The van der Waals surface area contributed by atoms with Crippen LogP contribution in [0, 0.1) is 0 Å². The first-order chi connectivity index (χ1) is 15.0. The van der Waals surface area contributed by atoms with E-state index in [0.29, 0.717) is 11.7 Å². The molecule has 0 radical (unpaired) electrons. The summed E-state index contributed by atoms with van der Waals surface area (Å²) in [6.07, 6.45) is 9.40. The van der Waals surface area contributed by atoms with E-state index in [1.165, 1.54) is 19.3 Å². The van der Waals surface area contributed by atoms with Crippen molar-refractivity contribution in [1.82, 2.24) is 14.5 Å². The molecule has 3 heterocycles. The Morgan fingerprint density at radius 1 is 1.06 bits per heavy atom. The van der Waals surface area contributed by atoms with E-state index in [9.17, 15) is 9.59 Å². The van der Waals surface area contributed by atoms with Gasteiger partial charge in [0.25, 0.3) is 5.91 Å². The maximum absolute atomic E-state index is 13.4. The maximum Gasteiger partial charge on any atom is 0.324 e. The lowest BCUT2D eigenvalue weighted by molar-refractivity contribution is 0.0995. The molecule has 2 aliphatic heterocycles. The molecule has 9 heteroatoms. The van der Waals surface area contributed by atoms with Crippen molar-refractivity contribution >= 4 is 35.1 Å². The largest absolute Gasteiger partial charge is 0.364 e. The zero-order valence-electron chi connectivity index (χ0n) is 17.5. The fraction of sp³-hybridized carbons (Fsp3) is 0.500. The Morgan fingerprint density at radius 3 is 2.52 bits per heavy atom. The van der Waals surface area contributed by atoms with Crippen LogP contribution in [-0.4, -0.2) is 45.5 Å². The molecule has 2 N–H and O–H groups in total. The monoisotopic (exact) mass is 442 g/mol. The van der Waals surface area contributed by atoms with E-state index < -0.39 is 5.91 Å². The molecule has 3 aliphatic rings. The van der Waals surface area contributed by atoms with Crippen LogP contribution in [0.1, 0.15) is 61.1 Å². The molecule has 5 rings (SSSR count). The lowest BCUT2D eigenvalue weighted by Crippen LogP contribution is -2.44. The van der Waals surface area contributed by atoms with Gasteiger partial charge in [0.1, 0.15) is 6.33 Å². The number of hydrogen-bond donors (Lipinski definition) is 1. The van der Waals surface area contributed by atoms with E-state index >= 15 is 0 Å². The number of halogens is 1. The second-order valence-electron chi connectivity index (χ2n) is 8.61. The highest BCUT2D eigenvalue weighted by Crippen LogP contribution is 2.39. The van der Waals surface area contributed by atoms with Crippen molar-refractivity contribution in [1.29, 1.82) is 0 Å². The van der Waals surface area contributed by atoms with Crippen LogP contribution in [0.5, 0.6) is 0 Å². The van der Waals surface area contributed by atoms with Crippen LogP contribution < -0.4 is 15.1 Å². The summed E-state index contributed by atoms with van der Waals surface area (Å²) in [5.74, 6) is -0.591. The summed E-state index contributed by atoms with van der Waals surface area (Å²) >= 11 is 6.77. The molecule has 8 nitrogen and oxygen atoms in total. The number of primary amides is 1. The highest BCUT2D eigenvalue weighted by Gasteiger charge is 2.34. The number of anilines is 2. The number of imidazole rings is 1. The van der Waals surface area contributed by atoms with Gasteiger partial charge in [-0.3, -0.25) is 18.7 Å². The van der Waals surface area contributed by atoms with E-state index in [2.05, 4.69) is 4.98 Å². The molecule has 2 aromatic rings. The molecule has 0 spiro atoms. The number of benzene rings is 1. The van der Waals surface area contributed by atoms with Gasteiger partial charge in [-0.1, -0.05) is 19.3 Å². The quantitative estimate of drug-likeness (QED) is 0.732. The SMILES string of the molecule is NC(=O)c1ncn2c1CN(C(=O)N1CCCC1)c1cc(N(Cl)C3CCCCC3)ccc1-2. The van der Waals surface area contributed by atoms with Gasteiger partial charge in [-0.25, -0.2) is 9.78 Å². The minimum absolute atomic E-state index is 0.0578. The first kappa shape index (κ1) is 20.2. The number of urea groups is 1. The minimum atomic E-state index is -0.591. The third-order valence-corrected chi connectivity index (χ3v) is 7.14. The van der Waals surface area contributed by atoms with Gasteiger partial charge in [0.05, 0.1) is 29.3 Å². The summed E-state index contributed by atoms with van der Waals surface area (Å²) in [6, 6.07) is 6.14. The molecule has 31 heavy (non-hydrogen) atoms. The van der Waals surface area contributed by atoms with Crippen molar-refractivity contribution in [3.8, 4) is 5.69 Å². The molecule has 3 amide bonds. The Bertz CT molecular complexity index is 1010. The molecular weight excluding hydrogens is 416 g/mol. The Labute approximate surface area is 186 Å². The standard InChI is InChI=1S/C22H27ClN6O2/c23-29(15-6-2-1-3-7-15)16-8-9-17-18(12-16)27(22(31)26-10-4-5-11-26)13-19-20(21(24)30)25-14-28(17)19/h8-9,12,14-15H,1-7,10-11,13H2,(H2,24,30).